The van der Waals surface area contributed by atoms with Gasteiger partial charge in [0.25, 0.3) is 0 Å². The monoisotopic (exact) mass is 438 g/mol. The highest BCUT2D eigenvalue weighted by Crippen LogP contribution is 2.44. The number of aromatic nitrogens is 1. The minimum Gasteiger partial charge on any atom is -0.449 e. The second-order valence-corrected chi connectivity index (χ2v) is 7.42. The fourth-order valence-electron chi connectivity index (χ4n) is 3.80. The maximum atomic E-state index is 12.5. The summed E-state index contributed by atoms with van der Waals surface area (Å²) < 4.78 is 43.0. The summed E-state index contributed by atoms with van der Waals surface area (Å²) >= 11 is 0. The van der Waals surface area contributed by atoms with E-state index in [0.717, 1.165) is 23.4 Å². The van der Waals surface area contributed by atoms with Crippen molar-refractivity contribution >= 4 is 12.2 Å². The first-order valence-corrected chi connectivity index (χ1v) is 10.2. The molecule has 164 valence electrons. The number of alkyl halides is 3. The van der Waals surface area contributed by atoms with Gasteiger partial charge in [-0.1, -0.05) is 66.7 Å². The molecule has 0 saturated heterocycles. The van der Waals surface area contributed by atoms with Crippen LogP contribution in [0.5, 0.6) is 0 Å². The second-order valence-electron chi connectivity index (χ2n) is 7.42. The van der Waals surface area contributed by atoms with E-state index >= 15 is 0 Å². The maximum absolute atomic E-state index is 12.5. The van der Waals surface area contributed by atoms with Gasteiger partial charge in [-0.3, -0.25) is 4.98 Å². The Labute approximate surface area is 183 Å². The van der Waals surface area contributed by atoms with Crippen LogP contribution in [0.4, 0.5) is 18.0 Å². The molecule has 0 saturated carbocycles. The second kappa shape index (κ2) is 9.26. The Balaban J connectivity index is 1.24. The van der Waals surface area contributed by atoms with E-state index in [1.54, 1.807) is 12.2 Å². The van der Waals surface area contributed by atoms with Crippen molar-refractivity contribution in [1.82, 2.24) is 10.3 Å². The molecule has 1 aliphatic carbocycles. The first-order valence-electron chi connectivity index (χ1n) is 10.2. The maximum Gasteiger partial charge on any atom is 0.433 e. The lowest BCUT2D eigenvalue weighted by atomic mass is 9.98. The summed E-state index contributed by atoms with van der Waals surface area (Å²) in [5.74, 6) is 0.000200. The molecule has 2 aromatic carbocycles. The molecule has 1 heterocycles. The average Bonchev–Trinajstić information content (AvgIpc) is 3.11. The molecule has 0 unspecified atom stereocenters. The Morgan fingerprint density at radius 2 is 1.66 bits per heavy atom. The smallest absolute Gasteiger partial charge is 0.433 e. The molecule has 1 amide bonds. The molecule has 0 fully saturated rings. The third-order valence-electron chi connectivity index (χ3n) is 5.31. The Morgan fingerprint density at radius 1 is 1.00 bits per heavy atom. The van der Waals surface area contributed by atoms with Gasteiger partial charge in [0, 0.05) is 18.7 Å². The van der Waals surface area contributed by atoms with Crippen LogP contribution in [0.25, 0.3) is 17.2 Å². The number of hydrogen-bond donors (Lipinski definition) is 1. The number of carbonyl (C=O) groups excluding carboxylic acids is 1. The number of nitrogens with zero attached hydrogens (tertiary/aromatic N) is 1. The van der Waals surface area contributed by atoms with E-state index < -0.39 is 18.0 Å². The van der Waals surface area contributed by atoms with Gasteiger partial charge in [0.2, 0.25) is 0 Å². The standard InChI is InChI=1S/C25H21F3N2O2/c26-25(27,28)23-13-12-17(15-30-23)7-5-6-14-29-24(31)32-16-22-20-10-3-1-8-18(20)19-9-2-4-11-21(19)22/h1-5,7-13,15,22H,6,14,16H2,(H,29,31). The van der Waals surface area contributed by atoms with Crippen LogP contribution in [-0.4, -0.2) is 24.2 Å². The average molecular weight is 438 g/mol. The molecular weight excluding hydrogens is 417 g/mol. The van der Waals surface area contributed by atoms with Crippen molar-refractivity contribution in [2.24, 2.45) is 0 Å². The number of carbonyl (C=O) groups is 1. The molecule has 3 aromatic rings. The molecule has 4 rings (SSSR count). The first-order chi connectivity index (χ1) is 15.4. The van der Waals surface area contributed by atoms with E-state index in [1.807, 2.05) is 24.3 Å². The van der Waals surface area contributed by atoms with Crippen LogP contribution < -0.4 is 5.32 Å². The number of ether oxygens (including phenoxy) is 1. The van der Waals surface area contributed by atoms with Crippen molar-refractivity contribution in [3.8, 4) is 11.1 Å². The van der Waals surface area contributed by atoms with Crippen LogP contribution in [0, 0.1) is 0 Å². The van der Waals surface area contributed by atoms with Crippen LogP contribution >= 0.6 is 0 Å². The van der Waals surface area contributed by atoms with Gasteiger partial charge in [-0.05, 0) is 40.3 Å². The van der Waals surface area contributed by atoms with Crippen molar-refractivity contribution < 1.29 is 22.7 Å². The van der Waals surface area contributed by atoms with Gasteiger partial charge in [0.05, 0.1) is 0 Å². The third-order valence-corrected chi connectivity index (χ3v) is 5.31. The molecule has 1 aromatic heterocycles. The number of alkyl carbamates (subject to hydrolysis) is 1. The molecule has 7 heteroatoms. The summed E-state index contributed by atoms with van der Waals surface area (Å²) in [7, 11) is 0. The highest BCUT2D eigenvalue weighted by Gasteiger charge is 2.32. The number of rotatable bonds is 6. The summed E-state index contributed by atoms with van der Waals surface area (Å²) in [6, 6.07) is 18.5. The number of nitrogens with one attached hydrogen (secondary N) is 1. The summed E-state index contributed by atoms with van der Waals surface area (Å²) in [6.07, 6.45) is 0.135. The third kappa shape index (κ3) is 4.82. The Hall–Kier alpha value is -3.61. The lowest BCUT2D eigenvalue weighted by Crippen LogP contribution is -2.26. The summed E-state index contributed by atoms with van der Waals surface area (Å²) in [5, 5.41) is 2.69. The van der Waals surface area contributed by atoms with Crippen molar-refractivity contribution in [2.45, 2.75) is 18.5 Å². The van der Waals surface area contributed by atoms with E-state index in [-0.39, 0.29) is 12.5 Å². The molecule has 0 bridgehead atoms. The molecule has 0 aliphatic heterocycles. The zero-order valence-corrected chi connectivity index (χ0v) is 17.1. The molecule has 1 aliphatic rings. The Kier molecular flexibility index (Phi) is 6.25. The van der Waals surface area contributed by atoms with Crippen LogP contribution in [0.15, 0.2) is 72.9 Å². The zero-order valence-electron chi connectivity index (χ0n) is 17.1. The fourth-order valence-corrected chi connectivity index (χ4v) is 3.80. The predicted molar refractivity (Wildman–Crippen MR) is 116 cm³/mol. The minimum atomic E-state index is -4.45. The number of benzene rings is 2. The lowest BCUT2D eigenvalue weighted by Gasteiger charge is -2.14. The normalized spacial score (nSPS) is 13.1. The number of pyridine rings is 1. The predicted octanol–water partition coefficient (Wildman–Crippen LogP) is 6.04. The summed E-state index contributed by atoms with van der Waals surface area (Å²) in [5.41, 5.74) is 4.26. The number of fused-ring (bicyclic) bond motifs is 3. The van der Waals surface area contributed by atoms with E-state index in [1.165, 1.54) is 17.2 Å². The molecular formula is C25H21F3N2O2. The van der Waals surface area contributed by atoms with E-state index in [0.29, 0.717) is 18.5 Å². The van der Waals surface area contributed by atoms with Crippen LogP contribution in [0.3, 0.4) is 0 Å². The molecule has 4 nitrogen and oxygen atoms in total. The van der Waals surface area contributed by atoms with Crippen molar-refractivity contribution in [3.63, 3.8) is 0 Å². The largest absolute Gasteiger partial charge is 0.449 e. The van der Waals surface area contributed by atoms with Gasteiger partial charge < -0.3 is 10.1 Å². The SMILES string of the molecule is O=C(NCCC=Cc1ccc(C(F)(F)F)nc1)OCC1c2ccccc2-c2ccccc21. The molecule has 32 heavy (non-hydrogen) atoms. The summed E-state index contributed by atoms with van der Waals surface area (Å²) in [6.45, 7) is 0.591. The zero-order chi connectivity index (χ0) is 22.6. The number of amides is 1. The van der Waals surface area contributed by atoms with Gasteiger partial charge in [0.15, 0.2) is 0 Å². The molecule has 1 N–H and O–H groups in total. The van der Waals surface area contributed by atoms with Crippen LogP contribution in [0.1, 0.15) is 34.7 Å². The van der Waals surface area contributed by atoms with Crippen LogP contribution in [-0.2, 0) is 10.9 Å². The Bertz CT molecular complexity index is 1080. The van der Waals surface area contributed by atoms with Gasteiger partial charge >= 0.3 is 12.3 Å². The summed E-state index contributed by atoms with van der Waals surface area (Å²) in [4.78, 5) is 15.5. The number of halogens is 3. The van der Waals surface area contributed by atoms with Gasteiger partial charge in [-0.2, -0.15) is 13.2 Å². The van der Waals surface area contributed by atoms with E-state index in [4.69, 9.17) is 4.74 Å². The highest BCUT2D eigenvalue weighted by molar-refractivity contribution is 5.79. The van der Waals surface area contributed by atoms with Crippen LogP contribution in [0.2, 0.25) is 0 Å². The van der Waals surface area contributed by atoms with E-state index in [9.17, 15) is 18.0 Å². The Morgan fingerprint density at radius 3 is 2.25 bits per heavy atom. The van der Waals surface area contributed by atoms with Gasteiger partial charge in [0.1, 0.15) is 12.3 Å². The molecule has 0 spiro atoms. The van der Waals surface area contributed by atoms with Gasteiger partial charge in [-0.25, -0.2) is 4.79 Å². The minimum absolute atomic E-state index is 0.000200. The molecule has 0 atom stereocenters. The topological polar surface area (TPSA) is 51.2 Å². The highest BCUT2D eigenvalue weighted by atomic mass is 19.4. The lowest BCUT2D eigenvalue weighted by molar-refractivity contribution is -0.141. The first kappa shape index (κ1) is 21.6. The van der Waals surface area contributed by atoms with Crippen molar-refractivity contribution in [1.29, 1.82) is 0 Å². The van der Waals surface area contributed by atoms with Crippen molar-refractivity contribution in [3.05, 3.63) is 95.3 Å². The number of hydrogen-bond acceptors (Lipinski definition) is 3. The quantitative estimate of drug-likeness (QED) is 0.477. The molecule has 0 radical (unpaired) electrons. The van der Waals surface area contributed by atoms with Gasteiger partial charge in [-0.15, -0.1) is 0 Å². The fraction of sp³-hybridized carbons (Fsp3) is 0.200. The van der Waals surface area contributed by atoms with E-state index in [2.05, 4.69) is 34.6 Å². The van der Waals surface area contributed by atoms with Crippen molar-refractivity contribution in [2.75, 3.05) is 13.2 Å².